The van der Waals surface area contributed by atoms with Gasteiger partial charge in [0.05, 0.1) is 11.8 Å². The van der Waals surface area contributed by atoms with E-state index in [4.69, 9.17) is 9.47 Å². The summed E-state index contributed by atoms with van der Waals surface area (Å²) >= 11 is 0. The lowest BCUT2D eigenvalue weighted by molar-refractivity contribution is -0.145. The van der Waals surface area contributed by atoms with E-state index in [1.165, 1.54) is 62.5 Å². The van der Waals surface area contributed by atoms with E-state index < -0.39 is 0 Å². The Hall–Kier alpha value is -4.18. The third-order valence-electron chi connectivity index (χ3n) is 9.75. The lowest BCUT2D eigenvalue weighted by Crippen LogP contribution is -2.30. The van der Waals surface area contributed by atoms with Gasteiger partial charge in [0, 0.05) is 0 Å². The van der Waals surface area contributed by atoms with Gasteiger partial charge in [-0.05, 0) is 109 Å². The molecule has 0 spiro atoms. The predicted molar refractivity (Wildman–Crippen MR) is 196 cm³/mol. The van der Waals surface area contributed by atoms with Crippen molar-refractivity contribution in [2.24, 2.45) is 11.8 Å². The zero-order valence-electron chi connectivity index (χ0n) is 28.9. The molecule has 1 aliphatic rings. The Labute approximate surface area is 287 Å². The molecule has 0 bridgehead atoms. The number of esters is 2. The van der Waals surface area contributed by atoms with E-state index in [1.54, 1.807) is 0 Å². The van der Waals surface area contributed by atoms with Crippen LogP contribution in [0.4, 0.5) is 0 Å². The molecule has 5 rings (SSSR count). The quantitative estimate of drug-likeness (QED) is 0.0692. The van der Waals surface area contributed by atoms with Gasteiger partial charge in [0.25, 0.3) is 0 Å². The summed E-state index contributed by atoms with van der Waals surface area (Å²) in [4.78, 5) is 25.9. The lowest BCUT2D eigenvalue weighted by atomic mass is 9.82. The number of benzene rings is 4. The van der Waals surface area contributed by atoms with Gasteiger partial charge in [0.15, 0.2) is 0 Å². The number of carbonyl (C=O) groups excluding carboxylic acids is 2. The number of ether oxygens (including phenoxy) is 2. The topological polar surface area (TPSA) is 52.6 Å². The Balaban J connectivity index is 1.03. The molecule has 252 valence electrons. The first-order valence-electron chi connectivity index (χ1n) is 18.3. The minimum absolute atomic E-state index is 0.208. The van der Waals surface area contributed by atoms with Crippen molar-refractivity contribution in [3.63, 3.8) is 0 Å². The molecule has 0 saturated heterocycles. The molecule has 48 heavy (non-hydrogen) atoms. The zero-order chi connectivity index (χ0) is 33.6. The first-order chi connectivity index (χ1) is 23.5. The Bertz CT molecular complexity index is 1420. The number of hydrogen-bond donors (Lipinski definition) is 0. The zero-order valence-corrected chi connectivity index (χ0v) is 28.9. The fraction of sp³-hybridized carbons (Fsp3) is 0.409. The van der Waals surface area contributed by atoms with Crippen molar-refractivity contribution in [3.05, 3.63) is 108 Å². The van der Waals surface area contributed by atoms with E-state index in [0.717, 1.165) is 35.1 Å². The van der Waals surface area contributed by atoms with Gasteiger partial charge in [-0.25, -0.2) is 0 Å². The summed E-state index contributed by atoms with van der Waals surface area (Å²) in [6.07, 6.45) is 14.9. The van der Waals surface area contributed by atoms with Crippen LogP contribution in [0.15, 0.2) is 97.1 Å². The predicted octanol–water partition coefficient (Wildman–Crippen LogP) is 11.6. The van der Waals surface area contributed by atoms with Crippen LogP contribution < -0.4 is 9.47 Å². The Morgan fingerprint density at radius 3 is 1.08 bits per heavy atom. The van der Waals surface area contributed by atoms with Crippen molar-refractivity contribution >= 4 is 11.9 Å². The molecule has 4 heteroatoms. The van der Waals surface area contributed by atoms with Crippen LogP contribution in [0, 0.1) is 11.8 Å². The van der Waals surface area contributed by atoms with E-state index in [0.29, 0.717) is 37.2 Å². The number of carbonyl (C=O) groups is 2. The molecule has 0 radical (unpaired) electrons. The van der Waals surface area contributed by atoms with Gasteiger partial charge in [0.2, 0.25) is 0 Å². The lowest BCUT2D eigenvalue weighted by Gasteiger charge is -2.25. The first kappa shape index (κ1) is 35.1. The summed E-state index contributed by atoms with van der Waals surface area (Å²) in [5.74, 6) is 0.254. The van der Waals surface area contributed by atoms with Crippen LogP contribution in [0.2, 0.25) is 0 Å². The minimum Gasteiger partial charge on any atom is -0.426 e. The molecular formula is C44H52O4. The minimum atomic E-state index is -0.220. The molecule has 1 aliphatic carbocycles. The second kappa shape index (κ2) is 18.4. The highest BCUT2D eigenvalue weighted by Crippen LogP contribution is 2.32. The van der Waals surface area contributed by atoms with Crippen LogP contribution in [0.1, 0.15) is 102 Å². The molecule has 4 nitrogen and oxygen atoms in total. The maximum Gasteiger partial charge on any atom is 0.314 e. The van der Waals surface area contributed by atoms with Gasteiger partial charge in [-0.3, -0.25) is 9.59 Å². The van der Waals surface area contributed by atoms with Crippen molar-refractivity contribution in [2.45, 2.75) is 104 Å². The molecule has 4 aromatic carbocycles. The number of unbranched alkanes of at least 4 members (excludes halogenated alkanes) is 6. The van der Waals surface area contributed by atoms with Crippen molar-refractivity contribution < 1.29 is 19.1 Å². The van der Waals surface area contributed by atoms with Crippen LogP contribution in [-0.4, -0.2) is 11.9 Å². The largest absolute Gasteiger partial charge is 0.426 e. The molecule has 0 atom stereocenters. The molecule has 0 N–H and O–H groups in total. The average molecular weight is 645 g/mol. The fourth-order valence-corrected chi connectivity index (χ4v) is 6.63. The summed E-state index contributed by atoms with van der Waals surface area (Å²) in [5.41, 5.74) is 7.27. The normalized spacial score (nSPS) is 16.0. The molecule has 1 saturated carbocycles. The first-order valence-corrected chi connectivity index (χ1v) is 18.3. The van der Waals surface area contributed by atoms with E-state index in [-0.39, 0.29) is 23.8 Å². The molecule has 0 amide bonds. The van der Waals surface area contributed by atoms with Gasteiger partial charge < -0.3 is 9.47 Å². The highest BCUT2D eigenvalue weighted by molar-refractivity contribution is 5.78. The summed E-state index contributed by atoms with van der Waals surface area (Å²) < 4.78 is 11.5. The number of aryl methyl sites for hydroxylation is 2. The summed E-state index contributed by atoms with van der Waals surface area (Å²) in [6, 6.07) is 33.0. The molecule has 0 heterocycles. The standard InChI is InChI=1S/C44H52O4/c1-3-5-7-9-11-33-13-17-35(18-14-33)37-25-29-41(30-26-37)47-43(45)39-21-23-40(24-22-39)44(46)48-42-31-27-38(28-32-42)36-19-15-34(16-20-36)12-10-8-6-4-2/h13-20,25-32,39-40H,3-12,21-24H2,1-2H3/t39-,40-. The maximum absolute atomic E-state index is 13.0. The summed E-state index contributed by atoms with van der Waals surface area (Å²) in [7, 11) is 0. The van der Waals surface area contributed by atoms with Crippen molar-refractivity contribution in [3.8, 4) is 33.8 Å². The molecule has 4 aromatic rings. The van der Waals surface area contributed by atoms with Gasteiger partial charge in [-0.2, -0.15) is 0 Å². The van der Waals surface area contributed by atoms with Crippen LogP contribution in [0.5, 0.6) is 11.5 Å². The van der Waals surface area contributed by atoms with Gasteiger partial charge in [0.1, 0.15) is 11.5 Å². The summed E-state index contributed by atoms with van der Waals surface area (Å²) in [6.45, 7) is 4.48. The fourth-order valence-electron chi connectivity index (χ4n) is 6.63. The second-order valence-corrected chi connectivity index (χ2v) is 13.5. The molecule has 0 unspecified atom stereocenters. The van der Waals surface area contributed by atoms with Gasteiger partial charge in [-0.15, -0.1) is 0 Å². The Kier molecular flexibility index (Phi) is 13.5. The Morgan fingerprint density at radius 2 is 0.771 bits per heavy atom. The molecule has 0 aromatic heterocycles. The number of hydrogen-bond acceptors (Lipinski definition) is 4. The van der Waals surface area contributed by atoms with Gasteiger partial charge >= 0.3 is 11.9 Å². The Morgan fingerprint density at radius 1 is 0.458 bits per heavy atom. The molecule has 0 aliphatic heterocycles. The van der Waals surface area contributed by atoms with E-state index in [9.17, 15) is 9.59 Å². The van der Waals surface area contributed by atoms with E-state index >= 15 is 0 Å². The smallest absolute Gasteiger partial charge is 0.314 e. The highest BCUT2D eigenvalue weighted by Gasteiger charge is 2.32. The van der Waals surface area contributed by atoms with Crippen molar-refractivity contribution in [2.75, 3.05) is 0 Å². The monoisotopic (exact) mass is 644 g/mol. The van der Waals surface area contributed by atoms with Crippen molar-refractivity contribution in [1.29, 1.82) is 0 Å². The molecule has 1 fully saturated rings. The number of rotatable bonds is 16. The van der Waals surface area contributed by atoms with Gasteiger partial charge in [-0.1, -0.05) is 125 Å². The summed E-state index contributed by atoms with van der Waals surface area (Å²) in [5, 5.41) is 0. The maximum atomic E-state index is 13.0. The SMILES string of the molecule is CCCCCCc1ccc(-c2ccc(OC(=O)[C@H]3CC[C@H](C(=O)Oc4ccc(-c5ccc(CCCCCC)cc5)cc4)CC3)cc2)cc1. The second-order valence-electron chi connectivity index (χ2n) is 13.5. The average Bonchev–Trinajstić information content (AvgIpc) is 3.13. The third-order valence-corrected chi connectivity index (χ3v) is 9.75. The van der Waals surface area contributed by atoms with Crippen LogP contribution >= 0.6 is 0 Å². The van der Waals surface area contributed by atoms with Crippen LogP contribution in [0.3, 0.4) is 0 Å². The van der Waals surface area contributed by atoms with E-state index in [2.05, 4.69) is 62.4 Å². The van der Waals surface area contributed by atoms with E-state index in [1.807, 2.05) is 48.5 Å². The molecular weight excluding hydrogens is 592 g/mol. The van der Waals surface area contributed by atoms with Crippen LogP contribution in [0.25, 0.3) is 22.3 Å². The third kappa shape index (κ3) is 10.4. The highest BCUT2D eigenvalue weighted by atomic mass is 16.5. The van der Waals surface area contributed by atoms with Crippen molar-refractivity contribution in [1.82, 2.24) is 0 Å². The van der Waals surface area contributed by atoms with Crippen LogP contribution in [-0.2, 0) is 22.4 Å².